The molecule has 0 spiro atoms. The fourth-order valence-corrected chi connectivity index (χ4v) is 2.34. The molecule has 1 rings (SSSR count). The van der Waals surface area contributed by atoms with Crippen molar-refractivity contribution in [2.45, 2.75) is 44.9 Å². The highest BCUT2D eigenvalue weighted by molar-refractivity contribution is 5.79. The first kappa shape index (κ1) is 12.3. The van der Waals surface area contributed by atoms with E-state index in [1.54, 1.807) is 7.05 Å². The smallest absolute Gasteiger partial charge is 0.190 e. The van der Waals surface area contributed by atoms with Gasteiger partial charge >= 0.3 is 0 Å². The van der Waals surface area contributed by atoms with E-state index in [1.165, 1.54) is 44.9 Å². The van der Waals surface area contributed by atoms with E-state index in [4.69, 9.17) is 0 Å². The third-order valence-electron chi connectivity index (χ3n) is 3.27. The van der Waals surface area contributed by atoms with Gasteiger partial charge in [0.1, 0.15) is 0 Å². The minimum atomic E-state index is 0.899. The lowest BCUT2D eigenvalue weighted by Gasteiger charge is -2.10. The summed E-state index contributed by atoms with van der Waals surface area (Å²) in [7, 11) is 3.70. The molecule has 1 aliphatic rings. The van der Waals surface area contributed by atoms with Gasteiger partial charge in [-0.2, -0.15) is 0 Å². The highest BCUT2D eigenvalue weighted by Gasteiger charge is 2.13. The molecular formula is C12H25N3. The fraction of sp³-hybridized carbons (Fsp3) is 0.917. The summed E-state index contributed by atoms with van der Waals surface area (Å²) in [4.78, 5) is 4.08. The van der Waals surface area contributed by atoms with Gasteiger partial charge in [0.15, 0.2) is 5.96 Å². The standard InChI is InChI=1S/C12H25N3/c1-13-12(14-2)15-10-6-5-9-11-7-3-4-8-11/h11H,3-10H2,1-2H3,(H2,13,14,15). The van der Waals surface area contributed by atoms with Crippen molar-refractivity contribution in [3.8, 4) is 0 Å². The number of hydrogen-bond acceptors (Lipinski definition) is 1. The van der Waals surface area contributed by atoms with Gasteiger partial charge in [0.2, 0.25) is 0 Å². The molecule has 2 N–H and O–H groups in total. The number of hydrogen-bond donors (Lipinski definition) is 2. The maximum absolute atomic E-state index is 4.08. The van der Waals surface area contributed by atoms with Gasteiger partial charge < -0.3 is 10.6 Å². The summed E-state index contributed by atoms with van der Waals surface area (Å²) >= 11 is 0. The number of aliphatic imine (C=N–C) groups is 1. The van der Waals surface area contributed by atoms with Gasteiger partial charge in [0, 0.05) is 20.6 Å². The Kier molecular flexibility index (Phi) is 6.21. The van der Waals surface area contributed by atoms with Crippen LogP contribution in [0, 0.1) is 5.92 Å². The first-order valence-corrected chi connectivity index (χ1v) is 6.25. The van der Waals surface area contributed by atoms with Gasteiger partial charge in [-0.15, -0.1) is 0 Å². The molecule has 1 aliphatic carbocycles. The van der Waals surface area contributed by atoms with E-state index in [1.807, 2.05) is 7.05 Å². The topological polar surface area (TPSA) is 36.4 Å². The van der Waals surface area contributed by atoms with Crippen LogP contribution in [-0.4, -0.2) is 26.6 Å². The van der Waals surface area contributed by atoms with E-state index in [-0.39, 0.29) is 0 Å². The van der Waals surface area contributed by atoms with Gasteiger partial charge in [0.25, 0.3) is 0 Å². The van der Waals surface area contributed by atoms with Crippen molar-refractivity contribution in [3.63, 3.8) is 0 Å². The molecule has 15 heavy (non-hydrogen) atoms. The Hall–Kier alpha value is -0.730. The molecule has 0 aromatic heterocycles. The molecule has 3 heteroatoms. The molecule has 88 valence electrons. The molecule has 0 bridgehead atoms. The van der Waals surface area contributed by atoms with E-state index < -0.39 is 0 Å². The molecule has 1 fully saturated rings. The van der Waals surface area contributed by atoms with E-state index >= 15 is 0 Å². The predicted octanol–water partition coefficient (Wildman–Crippen LogP) is 2.14. The number of unbranched alkanes of at least 4 members (excludes halogenated alkanes) is 1. The molecule has 0 saturated heterocycles. The minimum absolute atomic E-state index is 0.899. The maximum atomic E-state index is 4.08. The zero-order valence-corrected chi connectivity index (χ0v) is 10.2. The van der Waals surface area contributed by atoms with Gasteiger partial charge in [-0.25, -0.2) is 0 Å². The van der Waals surface area contributed by atoms with Crippen molar-refractivity contribution in [1.82, 2.24) is 10.6 Å². The van der Waals surface area contributed by atoms with Gasteiger partial charge in [0.05, 0.1) is 0 Å². The second kappa shape index (κ2) is 7.55. The van der Waals surface area contributed by atoms with Crippen molar-refractivity contribution < 1.29 is 0 Å². The fourth-order valence-electron chi connectivity index (χ4n) is 2.34. The zero-order chi connectivity index (χ0) is 10.9. The van der Waals surface area contributed by atoms with E-state index in [0.29, 0.717) is 0 Å². The third kappa shape index (κ3) is 5.05. The largest absolute Gasteiger partial charge is 0.359 e. The van der Waals surface area contributed by atoms with Crippen molar-refractivity contribution in [2.24, 2.45) is 10.9 Å². The number of guanidine groups is 1. The Labute approximate surface area is 93.7 Å². The zero-order valence-electron chi connectivity index (χ0n) is 10.2. The average Bonchev–Trinajstić information content (AvgIpc) is 2.76. The molecule has 0 heterocycles. The molecule has 0 amide bonds. The highest BCUT2D eigenvalue weighted by atomic mass is 15.1. The predicted molar refractivity (Wildman–Crippen MR) is 66.2 cm³/mol. The van der Waals surface area contributed by atoms with Gasteiger partial charge in [-0.1, -0.05) is 38.5 Å². The molecule has 3 nitrogen and oxygen atoms in total. The maximum Gasteiger partial charge on any atom is 0.190 e. The van der Waals surface area contributed by atoms with Crippen LogP contribution < -0.4 is 10.6 Å². The van der Waals surface area contributed by atoms with Crippen molar-refractivity contribution >= 4 is 5.96 Å². The number of rotatable bonds is 5. The summed E-state index contributed by atoms with van der Waals surface area (Å²) < 4.78 is 0. The number of nitrogens with zero attached hydrogens (tertiary/aromatic N) is 1. The van der Waals surface area contributed by atoms with Crippen LogP contribution in [0.25, 0.3) is 0 Å². The van der Waals surface area contributed by atoms with E-state index in [2.05, 4.69) is 15.6 Å². The van der Waals surface area contributed by atoms with Crippen LogP contribution in [0.3, 0.4) is 0 Å². The Bertz CT molecular complexity index is 183. The molecule has 0 radical (unpaired) electrons. The molecular weight excluding hydrogens is 186 g/mol. The molecule has 0 aromatic rings. The molecule has 1 saturated carbocycles. The summed E-state index contributed by atoms with van der Waals surface area (Å²) in [5, 5.41) is 6.31. The Balaban J connectivity index is 1.92. The molecule has 0 aliphatic heterocycles. The van der Waals surface area contributed by atoms with Gasteiger partial charge in [-0.3, -0.25) is 4.99 Å². The van der Waals surface area contributed by atoms with Crippen LogP contribution in [0.15, 0.2) is 4.99 Å². The summed E-state index contributed by atoms with van der Waals surface area (Å²) in [6, 6.07) is 0. The minimum Gasteiger partial charge on any atom is -0.359 e. The van der Waals surface area contributed by atoms with Crippen LogP contribution in [0.1, 0.15) is 44.9 Å². The van der Waals surface area contributed by atoms with Crippen molar-refractivity contribution in [3.05, 3.63) is 0 Å². The number of nitrogens with one attached hydrogen (secondary N) is 2. The molecule has 0 aromatic carbocycles. The lowest BCUT2D eigenvalue weighted by Crippen LogP contribution is -2.35. The van der Waals surface area contributed by atoms with Crippen molar-refractivity contribution in [2.75, 3.05) is 20.6 Å². The average molecular weight is 211 g/mol. The SMILES string of the molecule is CN=C(NC)NCCCCC1CCCC1. The lowest BCUT2D eigenvalue weighted by atomic mass is 10.0. The Morgan fingerprint density at radius 3 is 2.60 bits per heavy atom. The monoisotopic (exact) mass is 211 g/mol. The molecule has 0 unspecified atom stereocenters. The third-order valence-corrected chi connectivity index (χ3v) is 3.27. The molecule has 0 atom stereocenters. The van der Waals surface area contributed by atoms with E-state index in [9.17, 15) is 0 Å². The first-order chi connectivity index (χ1) is 7.36. The van der Waals surface area contributed by atoms with E-state index in [0.717, 1.165) is 18.4 Å². The van der Waals surface area contributed by atoms with Crippen LogP contribution in [0.2, 0.25) is 0 Å². The van der Waals surface area contributed by atoms with Crippen LogP contribution in [0.4, 0.5) is 0 Å². The van der Waals surface area contributed by atoms with Crippen LogP contribution in [-0.2, 0) is 0 Å². The van der Waals surface area contributed by atoms with Crippen molar-refractivity contribution in [1.29, 1.82) is 0 Å². The lowest BCUT2D eigenvalue weighted by molar-refractivity contribution is 0.472. The second-order valence-corrected chi connectivity index (χ2v) is 4.40. The first-order valence-electron chi connectivity index (χ1n) is 6.25. The summed E-state index contributed by atoms with van der Waals surface area (Å²) in [6.07, 6.45) is 9.94. The quantitative estimate of drug-likeness (QED) is 0.415. The highest BCUT2D eigenvalue weighted by Crippen LogP contribution is 2.28. The normalized spacial score (nSPS) is 18.1. The second-order valence-electron chi connectivity index (χ2n) is 4.40. The Morgan fingerprint density at radius 2 is 2.00 bits per heavy atom. The summed E-state index contributed by atoms with van der Waals surface area (Å²) in [6.45, 7) is 1.04. The summed E-state index contributed by atoms with van der Waals surface area (Å²) in [5.74, 6) is 1.93. The van der Waals surface area contributed by atoms with Gasteiger partial charge in [-0.05, 0) is 12.3 Å². The summed E-state index contributed by atoms with van der Waals surface area (Å²) in [5.41, 5.74) is 0. The Morgan fingerprint density at radius 1 is 1.27 bits per heavy atom. The van der Waals surface area contributed by atoms with Crippen LogP contribution in [0.5, 0.6) is 0 Å². The van der Waals surface area contributed by atoms with Crippen LogP contribution >= 0.6 is 0 Å².